The molecule has 2 saturated carbocycles. The van der Waals surface area contributed by atoms with Gasteiger partial charge in [0, 0.05) is 24.4 Å². The van der Waals surface area contributed by atoms with Gasteiger partial charge in [-0.3, -0.25) is 4.79 Å². The summed E-state index contributed by atoms with van der Waals surface area (Å²) in [6, 6.07) is -0.121. The van der Waals surface area contributed by atoms with Crippen molar-refractivity contribution in [1.82, 2.24) is 4.31 Å². The third-order valence-corrected chi connectivity index (χ3v) is 12.5. The van der Waals surface area contributed by atoms with Crippen LogP contribution in [0.3, 0.4) is 0 Å². The smallest absolute Gasteiger partial charge is 0.217 e. The Morgan fingerprint density at radius 3 is 2.42 bits per heavy atom. The molecule has 0 aromatic rings. The number of nitrogens with zero attached hydrogens (tertiary/aromatic N) is 1. The Balaban J connectivity index is 0.00000176. The highest BCUT2D eigenvalue weighted by molar-refractivity contribution is 7.89. The number of piperidine rings is 1. The molecule has 0 bridgehead atoms. The van der Waals surface area contributed by atoms with Crippen LogP contribution < -0.4 is 5.73 Å². The van der Waals surface area contributed by atoms with E-state index in [1.807, 2.05) is 11.2 Å². The molecule has 9 atom stereocenters. The van der Waals surface area contributed by atoms with Crippen molar-refractivity contribution in [2.24, 2.45) is 47.2 Å². The van der Waals surface area contributed by atoms with E-state index in [1.54, 1.807) is 5.57 Å². The van der Waals surface area contributed by atoms with E-state index >= 15 is 0 Å². The summed E-state index contributed by atoms with van der Waals surface area (Å²) in [6.07, 6.45) is 14.6. The van der Waals surface area contributed by atoms with Gasteiger partial charge in [-0.15, -0.1) is 0 Å². The Morgan fingerprint density at radius 1 is 1.03 bits per heavy atom. The summed E-state index contributed by atoms with van der Waals surface area (Å²) < 4.78 is 30.5. The number of Topliss-reactive ketones (excluding diaryl/α,β-unsaturated/α-hetero) is 1. The molecule has 1 aliphatic heterocycles. The SMILES string of the molecule is CCCC1C=C(C(CC)C2CCC(C)C(S(=O)(=O)N3CC(C)C(=O)C4CCCC(C)C43)C2)CC1.CN. The first-order chi connectivity index (χ1) is 17.2. The van der Waals surface area contributed by atoms with Crippen LogP contribution >= 0.6 is 0 Å². The third-order valence-electron chi connectivity index (χ3n) is 10.1. The second kappa shape index (κ2) is 12.9. The third kappa shape index (κ3) is 5.96. The second-order valence-electron chi connectivity index (χ2n) is 12.4. The van der Waals surface area contributed by atoms with E-state index in [9.17, 15) is 13.2 Å². The number of carbonyl (C=O) groups is 1. The monoisotopic (exact) mass is 522 g/mol. The van der Waals surface area contributed by atoms with Crippen molar-refractivity contribution < 1.29 is 13.2 Å². The fraction of sp³-hybridized carbons (Fsp3) is 0.900. The molecule has 0 aromatic heterocycles. The highest BCUT2D eigenvalue weighted by Gasteiger charge is 2.52. The average molecular weight is 523 g/mol. The Labute approximate surface area is 222 Å². The summed E-state index contributed by atoms with van der Waals surface area (Å²) in [4.78, 5) is 13.0. The normalized spacial score (nSPS) is 38.5. The molecule has 1 heterocycles. The zero-order valence-corrected chi connectivity index (χ0v) is 24.7. The lowest BCUT2D eigenvalue weighted by Crippen LogP contribution is -2.61. The molecule has 6 heteroatoms. The van der Waals surface area contributed by atoms with Crippen LogP contribution in [0.1, 0.15) is 105 Å². The molecule has 0 spiro atoms. The summed E-state index contributed by atoms with van der Waals surface area (Å²) >= 11 is 0. The Hall–Kier alpha value is -0.720. The first kappa shape index (κ1) is 29.8. The minimum Gasteiger partial charge on any atom is -0.333 e. The van der Waals surface area contributed by atoms with Crippen LogP contribution in [-0.4, -0.2) is 43.4 Å². The van der Waals surface area contributed by atoms with Gasteiger partial charge in [0.1, 0.15) is 5.78 Å². The van der Waals surface area contributed by atoms with Gasteiger partial charge in [-0.25, -0.2) is 8.42 Å². The molecule has 1 saturated heterocycles. The molecule has 9 unspecified atom stereocenters. The van der Waals surface area contributed by atoms with Crippen LogP contribution in [0, 0.1) is 41.4 Å². The Kier molecular flexibility index (Phi) is 10.7. The van der Waals surface area contributed by atoms with E-state index in [4.69, 9.17) is 0 Å². The summed E-state index contributed by atoms with van der Waals surface area (Å²) in [5, 5.41) is -0.302. The van der Waals surface area contributed by atoms with E-state index in [0.717, 1.165) is 50.9 Å². The maximum absolute atomic E-state index is 14.3. The molecular formula is C30H54N2O3S. The van der Waals surface area contributed by atoms with Gasteiger partial charge in [0.15, 0.2) is 0 Å². The minimum absolute atomic E-state index is 0.0977. The van der Waals surface area contributed by atoms with Crippen LogP contribution in [0.2, 0.25) is 0 Å². The number of hydrogen-bond donors (Lipinski definition) is 1. The maximum Gasteiger partial charge on any atom is 0.217 e. The number of hydrogen-bond acceptors (Lipinski definition) is 4. The maximum atomic E-state index is 14.3. The van der Waals surface area contributed by atoms with Crippen molar-refractivity contribution in [3.05, 3.63) is 11.6 Å². The van der Waals surface area contributed by atoms with E-state index in [0.29, 0.717) is 24.2 Å². The standard InChI is InChI=1S/C29H49NO3S.CH5N/c1-6-9-22-13-15-23(16-22)25(7-2)24-14-12-19(3)27(17-24)34(32,33)30-18-21(5)29(31)26-11-8-10-20(4)28(26)30;1-2/h16,19-22,24-28H,6-15,17-18H2,1-5H3;2H2,1H3. The van der Waals surface area contributed by atoms with Gasteiger partial charge < -0.3 is 5.73 Å². The summed E-state index contributed by atoms with van der Waals surface area (Å²) in [7, 11) is -1.95. The largest absolute Gasteiger partial charge is 0.333 e. The van der Waals surface area contributed by atoms with Crippen molar-refractivity contribution in [3.8, 4) is 0 Å². The van der Waals surface area contributed by atoms with E-state index in [-0.39, 0.29) is 35.0 Å². The summed E-state index contributed by atoms with van der Waals surface area (Å²) in [6.45, 7) is 11.2. The highest BCUT2D eigenvalue weighted by atomic mass is 32.2. The molecule has 0 aromatic carbocycles. The van der Waals surface area contributed by atoms with Crippen molar-refractivity contribution in [2.45, 2.75) is 117 Å². The van der Waals surface area contributed by atoms with Crippen molar-refractivity contribution in [3.63, 3.8) is 0 Å². The van der Waals surface area contributed by atoms with Gasteiger partial charge in [0.2, 0.25) is 10.0 Å². The van der Waals surface area contributed by atoms with Gasteiger partial charge in [-0.2, -0.15) is 4.31 Å². The highest BCUT2D eigenvalue weighted by Crippen LogP contribution is 2.47. The van der Waals surface area contributed by atoms with Crippen molar-refractivity contribution in [2.75, 3.05) is 13.6 Å². The quantitative estimate of drug-likeness (QED) is 0.405. The average Bonchev–Trinajstić information content (AvgIpc) is 3.32. The minimum atomic E-state index is -3.45. The number of sulfonamides is 1. The summed E-state index contributed by atoms with van der Waals surface area (Å²) in [5.41, 5.74) is 6.12. The van der Waals surface area contributed by atoms with E-state index in [2.05, 4.69) is 39.5 Å². The number of allylic oxidation sites excluding steroid dienone is 2. The molecule has 0 amide bonds. The van der Waals surface area contributed by atoms with Gasteiger partial charge in [-0.05, 0) is 94.4 Å². The predicted octanol–water partition coefficient (Wildman–Crippen LogP) is 6.18. The molecule has 0 radical (unpaired) electrons. The molecule has 3 fully saturated rings. The Morgan fingerprint density at radius 2 is 1.75 bits per heavy atom. The predicted molar refractivity (Wildman–Crippen MR) is 150 cm³/mol. The lowest BCUT2D eigenvalue weighted by Gasteiger charge is -2.49. The fourth-order valence-corrected chi connectivity index (χ4v) is 10.9. The van der Waals surface area contributed by atoms with Crippen molar-refractivity contribution >= 4 is 15.8 Å². The number of fused-ring (bicyclic) bond motifs is 1. The summed E-state index contributed by atoms with van der Waals surface area (Å²) in [5.74, 6) is 2.22. The van der Waals surface area contributed by atoms with Crippen LogP contribution in [0.25, 0.3) is 0 Å². The molecule has 208 valence electrons. The molecule has 4 aliphatic rings. The topological polar surface area (TPSA) is 80.5 Å². The molecule has 3 aliphatic carbocycles. The van der Waals surface area contributed by atoms with Gasteiger partial charge in [0.25, 0.3) is 0 Å². The van der Waals surface area contributed by atoms with E-state index in [1.165, 1.54) is 32.7 Å². The van der Waals surface area contributed by atoms with Gasteiger partial charge in [0.05, 0.1) is 5.25 Å². The zero-order valence-electron chi connectivity index (χ0n) is 23.9. The molecular weight excluding hydrogens is 468 g/mol. The lowest BCUT2D eigenvalue weighted by molar-refractivity contribution is -0.134. The number of nitrogens with two attached hydrogens (primary N) is 1. The Bertz CT molecular complexity index is 869. The number of rotatable bonds is 7. The van der Waals surface area contributed by atoms with Gasteiger partial charge in [-0.1, -0.05) is 59.1 Å². The van der Waals surface area contributed by atoms with Gasteiger partial charge >= 0.3 is 0 Å². The molecule has 2 N–H and O–H groups in total. The second-order valence-corrected chi connectivity index (χ2v) is 14.5. The van der Waals surface area contributed by atoms with Crippen LogP contribution in [0.5, 0.6) is 0 Å². The zero-order chi connectivity index (χ0) is 26.6. The fourth-order valence-electron chi connectivity index (χ4n) is 8.21. The number of carbonyl (C=O) groups excluding carboxylic acids is 1. The molecule has 36 heavy (non-hydrogen) atoms. The molecule has 4 rings (SSSR count). The first-order valence-corrected chi connectivity index (χ1v) is 16.5. The molecule has 5 nitrogen and oxygen atoms in total. The van der Waals surface area contributed by atoms with E-state index < -0.39 is 10.0 Å². The van der Waals surface area contributed by atoms with Crippen molar-refractivity contribution in [1.29, 1.82) is 0 Å². The van der Waals surface area contributed by atoms with Crippen LogP contribution in [0.4, 0.5) is 0 Å². The number of ketones is 1. The van der Waals surface area contributed by atoms with Crippen LogP contribution in [0.15, 0.2) is 11.6 Å². The lowest BCUT2D eigenvalue weighted by atomic mass is 9.71. The van der Waals surface area contributed by atoms with Crippen LogP contribution in [-0.2, 0) is 14.8 Å². The first-order valence-electron chi connectivity index (χ1n) is 15.0.